The lowest BCUT2D eigenvalue weighted by molar-refractivity contribution is -0.283. The predicted octanol–water partition coefficient (Wildman–Crippen LogP) is 1.29. The molecule has 2 saturated carbocycles. The van der Waals surface area contributed by atoms with E-state index < -0.39 is 94.4 Å². The zero-order valence-electron chi connectivity index (χ0n) is 26.0. The van der Waals surface area contributed by atoms with Crippen molar-refractivity contribution in [3.63, 3.8) is 0 Å². The summed E-state index contributed by atoms with van der Waals surface area (Å²) in [5.41, 5.74) is -5.73. The Kier molecular flexibility index (Phi) is 8.29. The minimum atomic E-state index is -2.05. The fourth-order valence-electron chi connectivity index (χ4n) is 8.10. The molecule has 0 aromatic heterocycles. The van der Waals surface area contributed by atoms with Crippen molar-refractivity contribution in [1.29, 1.82) is 0 Å². The van der Waals surface area contributed by atoms with E-state index in [0.29, 0.717) is 5.57 Å². The molecule has 2 N–H and O–H groups in total. The van der Waals surface area contributed by atoms with Gasteiger partial charge in [0.05, 0.1) is 18.1 Å². The molecule has 0 amide bonds. The quantitative estimate of drug-likeness (QED) is 0.197. The highest BCUT2D eigenvalue weighted by Crippen LogP contribution is 2.66. The van der Waals surface area contributed by atoms with Crippen LogP contribution in [0.4, 0.5) is 0 Å². The number of ether oxygens (including phenoxy) is 6. The third-order valence-corrected chi connectivity index (χ3v) is 9.97. The molecule has 1 aliphatic heterocycles. The van der Waals surface area contributed by atoms with Gasteiger partial charge in [0.1, 0.15) is 29.5 Å². The fourth-order valence-corrected chi connectivity index (χ4v) is 8.10. The van der Waals surface area contributed by atoms with Crippen LogP contribution in [0.3, 0.4) is 0 Å². The van der Waals surface area contributed by atoms with Crippen LogP contribution in [0, 0.1) is 16.7 Å². The highest BCUT2D eigenvalue weighted by atomic mass is 16.6. The van der Waals surface area contributed by atoms with Gasteiger partial charge in [-0.1, -0.05) is 20.8 Å². The molecule has 1 saturated heterocycles. The van der Waals surface area contributed by atoms with Gasteiger partial charge in [0.25, 0.3) is 0 Å². The largest absolute Gasteiger partial charge is 0.462 e. The zero-order chi connectivity index (χ0) is 32.4. The summed E-state index contributed by atoms with van der Waals surface area (Å²) in [5, 5.41) is 24.4. The average molecular weight is 611 g/mol. The van der Waals surface area contributed by atoms with E-state index in [0.717, 1.165) is 6.92 Å². The van der Waals surface area contributed by atoms with Gasteiger partial charge in [-0.2, -0.15) is 0 Å². The maximum absolute atomic E-state index is 12.9. The van der Waals surface area contributed by atoms with E-state index in [4.69, 9.17) is 28.4 Å². The zero-order valence-corrected chi connectivity index (χ0v) is 26.0. The molecule has 4 rings (SSSR count). The van der Waals surface area contributed by atoms with Gasteiger partial charge in [-0.05, 0) is 18.1 Å². The lowest BCUT2D eigenvalue weighted by Crippen LogP contribution is -2.76. The SMILES string of the molecule is CC(=O)OC1C[C@@]2(O)C(OC(C)=O)[C@H]3[C@@](C)(C(OC(C)=O)CC(O)[C@@]34CO4)C(OC(C)=O)C(OC(C)=O)C(=C1C)C2(C)C. The third-order valence-electron chi connectivity index (χ3n) is 9.97. The van der Waals surface area contributed by atoms with Crippen LogP contribution in [-0.2, 0) is 52.4 Å². The van der Waals surface area contributed by atoms with Crippen LogP contribution in [0.5, 0.6) is 0 Å². The van der Waals surface area contributed by atoms with Gasteiger partial charge in [0, 0.05) is 58.8 Å². The van der Waals surface area contributed by atoms with E-state index in [1.165, 1.54) is 27.7 Å². The molecule has 2 bridgehead atoms. The molecule has 4 aliphatic rings. The molecule has 1 spiro atoms. The molecule has 0 aromatic carbocycles. The van der Waals surface area contributed by atoms with Crippen LogP contribution < -0.4 is 0 Å². The number of fused-ring (bicyclic) bond motifs is 4. The molecule has 3 aliphatic carbocycles. The van der Waals surface area contributed by atoms with Crippen LogP contribution in [0.2, 0.25) is 0 Å². The van der Waals surface area contributed by atoms with E-state index in [2.05, 4.69) is 0 Å². The average Bonchev–Trinajstić information content (AvgIpc) is 3.63. The Bertz CT molecular complexity index is 1250. The highest BCUT2D eigenvalue weighted by molar-refractivity contribution is 5.70. The van der Waals surface area contributed by atoms with Gasteiger partial charge >= 0.3 is 29.8 Å². The number of hydrogen-bond donors (Lipinski definition) is 2. The number of esters is 5. The highest BCUT2D eigenvalue weighted by Gasteiger charge is 2.79. The first-order chi connectivity index (χ1) is 19.7. The molecule has 43 heavy (non-hydrogen) atoms. The van der Waals surface area contributed by atoms with Crippen LogP contribution >= 0.6 is 0 Å². The fraction of sp³-hybridized carbons (Fsp3) is 0.767. The van der Waals surface area contributed by atoms with Crippen LogP contribution in [-0.4, -0.2) is 94.5 Å². The minimum absolute atomic E-state index is 0.0182. The summed E-state index contributed by atoms with van der Waals surface area (Å²) < 4.78 is 35.3. The monoisotopic (exact) mass is 610 g/mol. The molecule has 0 radical (unpaired) electrons. The van der Waals surface area contributed by atoms with E-state index in [9.17, 15) is 34.2 Å². The van der Waals surface area contributed by atoms with Gasteiger partial charge in [-0.15, -0.1) is 0 Å². The van der Waals surface area contributed by atoms with Gasteiger partial charge < -0.3 is 38.6 Å². The number of carbonyl (C=O) groups is 5. The minimum Gasteiger partial charge on any atom is -0.462 e. The summed E-state index contributed by atoms with van der Waals surface area (Å²) in [6.07, 6.45) is -8.19. The number of epoxide rings is 1. The Labute approximate surface area is 250 Å². The second kappa shape index (κ2) is 10.8. The summed E-state index contributed by atoms with van der Waals surface area (Å²) in [6.45, 7) is 12.5. The normalized spacial score (nSPS) is 41.1. The molecule has 13 heteroatoms. The second-order valence-electron chi connectivity index (χ2n) is 13.0. The Morgan fingerprint density at radius 2 is 1.28 bits per heavy atom. The van der Waals surface area contributed by atoms with E-state index in [1.807, 2.05) is 0 Å². The van der Waals surface area contributed by atoms with Crippen LogP contribution in [0.15, 0.2) is 11.1 Å². The first kappa shape index (κ1) is 32.9. The summed E-state index contributed by atoms with van der Waals surface area (Å²) in [6, 6.07) is 0. The van der Waals surface area contributed by atoms with Crippen LogP contribution in [0.25, 0.3) is 0 Å². The van der Waals surface area contributed by atoms with E-state index >= 15 is 0 Å². The summed E-state index contributed by atoms with van der Waals surface area (Å²) in [7, 11) is 0. The lowest BCUT2D eigenvalue weighted by atomic mass is 9.45. The molecular formula is C30H42O13. The number of aliphatic hydroxyl groups is 2. The predicted molar refractivity (Wildman–Crippen MR) is 145 cm³/mol. The Morgan fingerprint density at radius 3 is 1.74 bits per heavy atom. The molecule has 240 valence electrons. The molecule has 10 atom stereocenters. The molecule has 13 nitrogen and oxygen atoms in total. The topological polar surface area (TPSA) is 184 Å². The maximum atomic E-state index is 12.9. The van der Waals surface area contributed by atoms with Crippen molar-refractivity contribution in [3.05, 3.63) is 11.1 Å². The molecule has 3 fully saturated rings. The summed E-state index contributed by atoms with van der Waals surface area (Å²) >= 11 is 0. The van der Waals surface area contributed by atoms with Crippen molar-refractivity contribution in [3.8, 4) is 0 Å². The maximum Gasteiger partial charge on any atom is 0.303 e. The Morgan fingerprint density at radius 1 is 0.791 bits per heavy atom. The van der Waals surface area contributed by atoms with Crippen molar-refractivity contribution >= 4 is 29.8 Å². The summed E-state index contributed by atoms with van der Waals surface area (Å²) in [5.74, 6) is -4.82. The lowest BCUT2D eigenvalue weighted by Gasteiger charge is -2.64. The first-order valence-corrected chi connectivity index (χ1v) is 14.4. The van der Waals surface area contributed by atoms with Crippen molar-refractivity contribution in [2.45, 2.75) is 123 Å². The smallest absolute Gasteiger partial charge is 0.303 e. The number of carbonyl (C=O) groups excluding carboxylic acids is 5. The Hall–Kier alpha value is -3.03. The first-order valence-electron chi connectivity index (χ1n) is 14.4. The second-order valence-corrected chi connectivity index (χ2v) is 13.0. The molecule has 1 heterocycles. The summed E-state index contributed by atoms with van der Waals surface area (Å²) in [4.78, 5) is 63.0. The van der Waals surface area contributed by atoms with Crippen molar-refractivity contribution in [2.24, 2.45) is 16.7 Å². The van der Waals surface area contributed by atoms with Gasteiger partial charge in [0.15, 0.2) is 12.2 Å². The number of hydrogen-bond acceptors (Lipinski definition) is 13. The van der Waals surface area contributed by atoms with Gasteiger partial charge in [-0.3, -0.25) is 24.0 Å². The third kappa shape index (κ3) is 5.12. The van der Waals surface area contributed by atoms with Gasteiger partial charge in [0.2, 0.25) is 0 Å². The van der Waals surface area contributed by atoms with Crippen molar-refractivity contribution in [2.75, 3.05) is 6.61 Å². The number of aliphatic hydroxyl groups excluding tert-OH is 1. The van der Waals surface area contributed by atoms with E-state index in [-0.39, 0.29) is 25.0 Å². The van der Waals surface area contributed by atoms with Crippen molar-refractivity contribution < 1.29 is 62.6 Å². The van der Waals surface area contributed by atoms with Crippen LogP contribution in [0.1, 0.15) is 75.2 Å². The molecule has 6 unspecified atom stereocenters. The molecular weight excluding hydrogens is 568 g/mol. The number of rotatable bonds is 5. The standard InChI is InChI=1S/C30H42O13/c1-13-19(39-14(2)31)11-30(37)26(43-18(6)35)24-28(9,21(40-15(3)32)10-20(36)29(24)12-38-29)25(42-17(5)34)23(41-16(4)33)22(13)27(30,7)8/h19-21,23-26,36-37H,10-12H2,1-9H3/t19?,20?,21?,23?,24-,25?,26?,28+,29-,30+/m0/s1. The Balaban J connectivity index is 2.19. The van der Waals surface area contributed by atoms with Crippen molar-refractivity contribution in [1.82, 2.24) is 0 Å². The van der Waals surface area contributed by atoms with E-state index in [1.54, 1.807) is 27.7 Å². The van der Waals surface area contributed by atoms with Gasteiger partial charge in [-0.25, -0.2) is 0 Å². The molecule has 0 aromatic rings.